The Morgan fingerprint density at radius 3 is 2.56 bits per heavy atom. The highest BCUT2D eigenvalue weighted by atomic mass is 16.5. The van der Waals surface area contributed by atoms with E-state index in [0.29, 0.717) is 0 Å². The third-order valence-electron chi connectivity index (χ3n) is 5.34. The van der Waals surface area contributed by atoms with Gasteiger partial charge in [0.1, 0.15) is 11.9 Å². The molecule has 1 fully saturated rings. The van der Waals surface area contributed by atoms with Crippen molar-refractivity contribution in [2.75, 3.05) is 19.7 Å². The van der Waals surface area contributed by atoms with Crippen LogP contribution in [0, 0.1) is 5.92 Å². The molecule has 1 aliphatic rings. The van der Waals surface area contributed by atoms with Crippen LogP contribution in [-0.4, -0.2) is 46.9 Å². The number of aliphatic hydroxyl groups excluding tert-OH is 1. The van der Waals surface area contributed by atoms with Crippen molar-refractivity contribution in [1.82, 2.24) is 4.90 Å². The van der Waals surface area contributed by atoms with Crippen LogP contribution in [-0.2, 0) is 11.3 Å². The van der Waals surface area contributed by atoms with E-state index < -0.39 is 5.97 Å². The number of hydrogen-bond acceptors (Lipinski definition) is 4. The highest BCUT2D eigenvalue weighted by molar-refractivity contribution is 5.84. The maximum atomic E-state index is 11.1. The first kappa shape index (κ1) is 19.6. The number of ether oxygens (including phenoxy) is 1. The molecule has 1 heterocycles. The number of rotatable bonds is 8. The van der Waals surface area contributed by atoms with Crippen molar-refractivity contribution in [2.45, 2.75) is 45.3 Å². The summed E-state index contributed by atoms with van der Waals surface area (Å²) >= 11 is 0. The van der Waals surface area contributed by atoms with Gasteiger partial charge in [-0.3, -0.25) is 9.69 Å². The van der Waals surface area contributed by atoms with E-state index in [1.165, 1.54) is 5.56 Å². The molecule has 0 aromatic heterocycles. The summed E-state index contributed by atoms with van der Waals surface area (Å²) in [7, 11) is 0. The number of nitrogens with zero attached hydrogens (tertiary/aromatic N) is 1. The predicted molar refractivity (Wildman–Crippen MR) is 106 cm³/mol. The van der Waals surface area contributed by atoms with Gasteiger partial charge >= 0.3 is 5.97 Å². The van der Waals surface area contributed by atoms with Gasteiger partial charge in [0.15, 0.2) is 0 Å². The van der Waals surface area contributed by atoms with Crippen LogP contribution in [0.1, 0.15) is 38.2 Å². The molecule has 3 rings (SSSR count). The maximum Gasteiger partial charge on any atom is 0.306 e. The van der Waals surface area contributed by atoms with Crippen molar-refractivity contribution in [1.29, 1.82) is 0 Å². The van der Waals surface area contributed by atoms with Crippen LogP contribution in [0.15, 0.2) is 36.4 Å². The van der Waals surface area contributed by atoms with E-state index in [-0.39, 0.29) is 18.6 Å². The number of benzene rings is 2. The molecule has 1 unspecified atom stereocenters. The van der Waals surface area contributed by atoms with Gasteiger partial charge in [-0.25, -0.2) is 0 Å². The van der Waals surface area contributed by atoms with Gasteiger partial charge < -0.3 is 14.9 Å². The monoisotopic (exact) mass is 371 g/mol. The number of carbonyl (C=O) groups is 1. The Kier molecular flexibility index (Phi) is 6.69. The first-order valence-electron chi connectivity index (χ1n) is 9.84. The third-order valence-corrected chi connectivity index (χ3v) is 5.34. The zero-order chi connectivity index (χ0) is 19.2. The average molecular weight is 371 g/mol. The molecule has 2 aromatic carbocycles. The summed E-state index contributed by atoms with van der Waals surface area (Å²) in [5.74, 6) is -0.0639. The molecular formula is C22H29NO4. The number of fused-ring (bicyclic) bond motifs is 1. The number of likely N-dealkylation sites (tertiary alicyclic amines) is 1. The molecule has 1 saturated heterocycles. The van der Waals surface area contributed by atoms with E-state index in [2.05, 4.69) is 36.1 Å². The summed E-state index contributed by atoms with van der Waals surface area (Å²) < 4.78 is 5.89. The fourth-order valence-corrected chi connectivity index (χ4v) is 3.74. The minimum Gasteiger partial charge on any atom is -0.488 e. The SMILES string of the molecule is CCCC(CO)Oc1ccc2cc(CN3CCC(C(=O)O)CC3)ccc2c1. The summed E-state index contributed by atoms with van der Waals surface area (Å²) in [6.07, 6.45) is 3.12. The molecule has 2 N–H and O–H groups in total. The molecule has 1 aliphatic heterocycles. The van der Waals surface area contributed by atoms with Crippen molar-refractivity contribution < 1.29 is 19.7 Å². The van der Waals surface area contributed by atoms with Crippen LogP contribution in [0.2, 0.25) is 0 Å². The van der Waals surface area contributed by atoms with E-state index in [1.54, 1.807) is 0 Å². The zero-order valence-electron chi connectivity index (χ0n) is 15.9. The molecule has 0 bridgehead atoms. The lowest BCUT2D eigenvalue weighted by atomic mass is 9.96. The van der Waals surface area contributed by atoms with Gasteiger partial charge in [-0.15, -0.1) is 0 Å². The number of aliphatic carboxylic acids is 1. The number of piperidine rings is 1. The Labute approximate surface area is 160 Å². The molecular weight excluding hydrogens is 342 g/mol. The van der Waals surface area contributed by atoms with Crippen LogP contribution >= 0.6 is 0 Å². The van der Waals surface area contributed by atoms with Gasteiger partial charge in [-0.2, -0.15) is 0 Å². The molecule has 0 aliphatic carbocycles. The molecule has 27 heavy (non-hydrogen) atoms. The second-order valence-electron chi connectivity index (χ2n) is 7.44. The van der Waals surface area contributed by atoms with Crippen molar-refractivity contribution in [3.63, 3.8) is 0 Å². The van der Waals surface area contributed by atoms with Gasteiger partial charge in [0.2, 0.25) is 0 Å². The topological polar surface area (TPSA) is 70.0 Å². The van der Waals surface area contributed by atoms with Crippen LogP contribution < -0.4 is 4.74 Å². The number of carboxylic acids is 1. The first-order valence-corrected chi connectivity index (χ1v) is 9.84. The number of hydrogen-bond donors (Lipinski definition) is 2. The largest absolute Gasteiger partial charge is 0.488 e. The van der Waals surface area contributed by atoms with Gasteiger partial charge in [0.25, 0.3) is 0 Å². The highest BCUT2D eigenvalue weighted by Gasteiger charge is 2.24. The second-order valence-corrected chi connectivity index (χ2v) is 7.44. The lowest BCUT2D eigenvalue weighted by molar-refractivity contribution is -0.143. The Morgan fingerprint density at radius 1 is 1.19 bits per heavy atom. The zero-order valence-corrected chi connectivity index (χ0v) is 15.9. The highest BCUT2D eigenvalue weighted by Crippen LogP contribution is 2.25. The number of aliphatic hydroxyl groups is 1. The standard InChI is InChI=1S/C22H29NO4/c1-2-3-21(15-24)27-20-7-6-18-12-16(4-5-19(18)13-20)14-23-10-8-17(9-11-23)22(25)26/h4-7,12-13,17,21,24H,2-3,8-11,14-15H2,1H3,(H,25,26). The Hall–Kier alpha value is -2.11. The van der Waals surface area contributed by atoms with Gasteiger partial charge in [0.05, 0.1) is 12.5 Å². The lowest BCUT2D eigenvalue weighted by Crippen LogP contribution is -2.35. The molecule has 2 aromatic rings. The van der Waals surface area contributed by atoms with E-state index in [4.69, 9.17) is 9.84 Å². The Balaban J connectivity index is 1.64. The molecule has 0 radical (unpaired) electrons. The third kappa shape index (κ3) is 5.21. The first-order chi connectivity index (χ1) is 13.1. The Morgan fingerprint density at radius 2 is 1.89 bits per heavy atom. The van der Waals surface area contributed by atoms with E-state index in [0.717, 1.165) is 61.8 Å². The minimum atomic E-state index is -0.666. The molecule has 5 heteroatoms. The molecule has 1 atom stereocenters. The smallest absolute Gasteiger partial charge is 0.306 e. The van der Waals surface area contributed by atoms with E-state index >= 15 is 0 Å². The van der Waals surface area contributed by atoms with Crippen LogP contribution in [0.25, 0.3) is 10.8 Å². The molecule has 0 saturated carbocycles. The molecule has 0 amide bonds. The fourth-order valence-electron chi connectivity index (χ4n) is 3.74. The summed E-state index contributed by atoms with van der Waals surface area (Å²) in [4.78, 5) is 13.4. The summed E-state index contributed by atoms with van der Waals surface area (Å²) in [6.45, 7) is 4.63. The van der Waals surface area contributed by atoms with Crippen LogP contribution in [0.3, 0.4) is 0 Å². The number of carboxylic acid groups (broad SMARTS) is 1. The normalized spacial score (nSPS) is 17.1. The van der Waals surface area contributed by atoms with E-state index in [9.17, 15) is 9.90 Å². The van der Waals surface area contributed by atoms with Crippen LogP contribution in [0.4, 0.5) is 0 Å². The molecule has 0 spiro atoms. The van der Waals surface area contributed by atoms with Crippen molar-refractivity contribution >= 4 is 16.7 Å². The van der Waals surface area contributed by atoms with E-state index in [1.807, 2.05) is 12.1 Å². The quantitative estimate of drug-likeness (QED) is 0.741. The van der Waals surface area contributed by atoms with Crippen molar-refractivity contribution in [2.24, 2.45) is 5.92 Å². The predicted octanol–water partition coefficient (Wildman–Crippen LogP) is 3.68. The minimum absolute atomic E-state index is 0.0311. The summed E-state index contributed by atoms with van der Waals surface area (Å²) in [5.41, 5.74) is 1.24. The second kappa shape index (κ2) is 9.20. The Bertz CT molecular complexity index is 768. The fraction of sp³-hybridized carbons (Fsp3) is 0.500. The van der Waals surface area contributed by atoms with Gasteiger partial charge in [0, 0.05) is 6.54 Å². The van der Waals surface area contributed by atoms with Gasteiger partial charge in [-0.05, 0) is 66.9 Å². The summed E-state index contributed by atoms with van der Waals surface area (Å²) in [6, 6.07) is 12.5. The van der Waals surface area contributed by atoms with Crippen LogP contribution in [0.5, 0.6) is 5.75 Å². The maximum absolute atomic E-state index is 11.1. The van der Waals surface area contributed by atoms with Gasteiger partial charge in [-0.1, -0.05) is 31.5 Å². The summed E-state index contributed by atoms with van der Waals surface area (Å²) in [5, 5.41) is 20.8. The molecule has 5 nitrogen and oxygen atoms in total. The average Bonchev–Trinajstić information content (AvgIpc) is 2.68. The molecule has 146 valence electrons. The van der Waals surface area contributed by atoms with Crippen molar-refractivity contribution in [3.05, 3.63) is 42.0 Å². The lowest BCUT2D eigenvalue weighted by Gasteiger charge is -2.30. The van der Waals surface area contributed by atoms with Crippen molar-refractivity contribution in [3.8, 4) is 5.75 Å².